The molecule has 0 saturated heterocycles. The highest BCUT2D eigenvalue weighted by atomic mass is 16.5. The fourth-order valence-electron chi connectivity index (χ4n) is 2.26. The summed E-state index contributed by atoms with van der Waals surface area (Å²) in [4.78, 5) is 0. The van der Waals surface area contributed by atoms with Crippen molar-refractivity contribution in [2.24, 2.45) is 0 Å². The normalized spacial score (nSPS) is 12.5. The van der Waals surface area contributed by atoms with Crippen molar-refractivity contribution in [3.05, 3.63) is 29.3 Å². The van der Waals surface area contributed by atoms with Crippen molar-refractivity contribution in [3.8, 4) is 5.75 Å². The van der Waals surface area contributed by atoms with Crippen LogP contribution in [0.3, 0.4) is 0 Å². The average Bonchev–Trinajstić information content (AvgIpc) is 2.35. The third kappa shape index (κ3) is 3.01. The number of methoxy groups -OCH3 is 1. The maximum atomic E-state index is 5.45. The van der Waals surface area contributed by atoms with E-state index < -0.39 is 0 Å². The maximum Gasteiger partial charge on any atom is 0.122 e. The zero-order valence-corrected chi connectivity index (χ0v) is 11.0. The van der Waals surface area contributed by atoms with Crippen LogP contribution in [0.15, 0.2) is 18.2 Å². The summed E-state index contributed by atoms with van der Waals surface area (Å²) < 4.78 is 5.45. The first kappa shape index (κ1) is 13.1. The molecule has 0 bridgehead atoms. The van der Waals surface area contributed by atoms with Crippen LogP contribution in [0.2, 0.25) is 0 Å². The molecule has 0 aromatic heterocycles. The topological polar surface area (TPSA) is 9.23 Å². The van der Waals surface area contributed by atoms with E-state index in [-0.39, 0.29) is 0 Å². The van der Waals surface area contributed by atoms with E-state index in [9.17, 15) is 0 Å². The van der Waals surface area contributed by atoms with Crippen LogP contribution in [0.25, 0.3) is 0 Å². The highest BCUT2D eigenvalue weighted by Gasteiger charge is 2.10. The van der Waals surface area contributed by atoms with E-state index in [4.69, 9.17) is 4.74 Å². The van der Waals surface area contributed by atoms with Gasteiger partial charge in [0.2, 0.25) is 0 Å². The van der Waals surface area contributed by atoms with Crippen molar-refractivity contribution >= 4 is 0 Å². The number of ether oxygens (including phenoxy) is 1. The minimum atomic E-state index is 0.685. The van der Waals surface area contributed by atoms with Crippen molar-refractivity contribution < 1.29 is 4.74 Å². The van der Waals surface area contributed by atoms with Gasteiger partial charge < -0.3 is 4.74 Å². The van der Waals surface area contributed by atoms with Crippen LogP contribution in [0.4, 0.5) is 0 Å². The first-order chi connectivity index (χ1) is 7.76. The smallest absolute Gasteiger partial charge is 0.122 e. The van der Waals surface area contributed by atoms with Crippen LogP contribution in [0, 0.1) is 0 Å². The summed E-state index contributed by atoms with van der Waals surface area (Å²) in [6, 6.07) is 6.71. The number of hydrogen-bond donors (Lipinski definition) is 0. The summed E-state index contributed by atoms with van der Waals surface area (Å²) in [6.45, 7) is 6.68. The fourth-order valence-corrected chi connectivity index (χ4v) is 2.26. The molecule has 1 aromatic carbocycles. The third-order valence-electron chi connectivity index (χ3n) is 3.29. The van der Waals surface area contributed by atoms with Crippen molar-refractivity contribution in [2.75, 3.05) is 7.11 Å². The lowest BCUT2D eigenvalue weighted by atomic mass is 9.91. The third-order valence-corrected chi connectivity index (χ3v) is 3.29. The summed E-state index contributed by atoms with van der Waals surface area (Å²) >= 11 is 0. The molecule has 1 unspecified atom stereocenters. The molecule has 0 amide bonds. The van der Waals surface area contributed by atoms with Crippen molar-refractivity contribution in [3.63, 3.8) is 0 Å². The second kappa shape index (κ2) is 6.57. The zero-order chi connectivity index (χ0) is 12.0. The summed E-state index contributed by atoms with van der Waals surface area (Å²) in [7, 11) is 1.76. The minimum absolute atomic E-state index is 0.685. The highest BCUT2D eigenvalue weighted by Crippen LogP contribution is 2.29. The number of benzene rings is 1. The van der Waals surface area contributed by atoms with E-state index in [1.165, 1.54) is 30.4 Å². The Morgan fingerprint density at radius 1 is 1.19 bits per heavy atom. The van der Waals surface area contributed by atoms with Crippen molar-refractivity contribution in [1.82, 2.24) is 0 Å². The molecule has 0 aliphatic rings. The van der Waals surface area contributed by atoms with Gasteiger partial charge in [0.25, 0.3) is 0 Å². The van der Waals surface area contributed by atoms with E-state index >= 15 is 0 Å². The van der Waals surface area contributed by atoms with Crippen LogP contribution < -0.4 is 4.74 Å². The van der Waals surface area contributed by atoms with Crippen LogP contribution in [-0.2, 0) is 6.42 Å². The SMILES string of the molecule is CCCC(CC)c1ccc(CC)c(OC)c1. The largest absolute Gasteiger partial charge is 0.496 e. The Labute approximate surface area is 99.8 Å². The van der Waals surface area contributed by atoms with Crippen LogP contribution in [-0.4, -0.2) is 7.11 Å². The van der Waals surface area contributed by atoms with Gasteiger partial charge in [-0.15, -0.1) is 0 Å². The molecule has 0 N–H and O–H groups in total. The summed E-state index contributed by atoms with van der Waals surface area (Å²) in [5.41, 5.74) is 2.73. The van der Waals surface area contributed by atoms with Gasteiger partial charge in [-0.05, 0) is 42.4 Å². The second-order valence-corrected chi connectivity index (χ2v) is 4.32. The molecule has 1 heteroatoms. The molecular weight excluding hydrogens is 196 g/mol. The Kier molecular flexibility index (Phi) is 5.37. The summed E-state index contributed by atoms with van der Waals surface area (Å²) in [5, 5.41) is 0. The number of aryl methyl sites for hydroxylation is 1. The van der Waals surface area contributed by atoms with Gasteiger partial charge in [-0.1, -0.05) is 39.3 Å². The Bertz CT molecular complexity index is 317. The van der Waals surface area contributed by atoms with Crippen molar-refractivity contribution in [1.29, 1.82) is 0 Å². The quantitative estimate of drug-likeness (QED) is 0.683. The van der Waals surface area contributed by atoms with Gasteiger partial charge >= 0.3 is 0 Å². The molecule has 0 radical (unpaired) electrons. The molecular formula is C15H24O. The summed E-state index contributed by atoms with van der Waals surface area (Å²) in [5.74, 6) is 1.74. The molecule has 1 atom stereocenters. The molecule has 0 spiro atoms. The predicted molar refractivity (Wildman–Crippen MR) is 70.3 cm³/mol. The lowest BCUT2D eigenvalue weighted by molar-refractivity contribution is 0.408. The van der Waals surface area contributed by atoms with Crippen LogP contribution in [0.1, 0.15) is 57.1 Å². The van der Waals surface area contributed by atoms with E-state index in [1.807, 2.05) is 0 Å². The van der Waals surface area contributed by atoms with E-state index in [0.29, 0.717) is 5.92 Å². The van der Waals surface area contributed by atoms with Gasteiger partial charge in [0.05, 0.1) is 7.11 Å². The summed E-state index contributed by atoms with van der Waals surface area (Å²) in [6.07, 6.45) is 4.76. The molecule has 1 rings (SSSR count). The van der Waals surface area contributed by atoms with Gasteiger partial charge in [0.15, 0.2) is 0 Å². The highest BCUT2D eigenvalue weighted by molar-refractivity contribution is 5.38. The number of rotatable bonds is 6. The van der Waals surface area contributed by atoms with Crippen LogP contribution >= 0.6 is 0 Å². The molecule has 1 aromatic rings. The monoisotopic (exact) mass is 220 g/mol. The molecule has 90 valence electrons. The van der Waals surface area contributed by atoms with Gasteiger partial charge in [-0.25, -0.2) is 0 Å². The van der Waals surface area contributed by atoms with Gasteiger partial charge in [-0.2, -0.15) is 0 Å². The van der Waals surface area contributed by atoms with Crippen molar-refractivity contribution in [2.45, 2.75) is 52.4 Å². The molecule has 1 nitrogen and oxygen atoms in total. The van der Waals surface area contributed by atoms with Crippen LogP contribution in [0.5, 0.6) is 5.75 Å². The van der Waals surface area contributed by atoms with E-state index in [2.05, 4.69) is 39.0 Å². The van der Waals surface area contributed by atoms with Gasteiger partial charge in [0.1, 0.15) is 5.75 Å². The molecule has 0 heterocycles. The average molecular weight is 220 g/mol. The molecule has 0 aliphatic carbocycles. The Balaban J connectivity index is 2.96. The second-order valence-electron chi connectivity index (χ2n) is 4.32. The lowest BCUT2D eigenvalue weighted by Crippen LogP contribution is -1.99. The predicted octanol–water partition coefficient (Wildman–Crippen LogP) is 4.55. The van der Waals surface area contributed by atoms with Gasteiger partial charge in [0, 0.05) is 0 Å². The number of hydrogen-bond acceptors (Lipinski definition) is 1. The first-order valence-electron chi connectivity index (χ1n) is 6.43. The molecule has 0 fully saturated rings. The first-order valence-corrected chi connectivity index (χ1v) is 6.43. The Morgan fingerprint density at radius 2 is 1.94 bits per heavy atom. The Morgan fingerprint density at radius 3 is 2.44 bits per heavy atom. The Hall–Kier alpha value is -0.980. The van der Waals surface area contributed by atoms with Gasteiger partial charge in [-0.3, -0.25) is 0 Å². The zero-order valence-electron chi connectivity index (χ0n) is 11.0. The molecule has 0 saturated carbocycles. The molecule has 0 aliphatic heterocycles. The maximum absolute atomic E-state index is 5.45. The molecule has 16 heavy (non-hydrogen) atoms. The van der Waals surface area contributed by atoms with E-state index in [1.54, 1.807) is 7.11 Å². The minimum Gasteiger partial charge on any atom is -0.496 e. The van der Waals surface area contributed by atoms with E-state index in [0.717, 1.165) is 12.2 Å². The standard InChI is InChI=1S/C15H24O/c1-5-8-12(6-2)14-10-9-13(7-3)15(11-14)16-4/h9-12H,5-8H2,1-4H3. The fraction of sp³-hybridized carbons (Fsp3) is 0.600. The lowest BCUT2D eigenvalue weighted by Gasteiger charge is -2.16.